The quantitative estimate of drug-likeness (QED) is 0.738. The van der Waals surface area contributed by atoms with Crippen LogP contribution >= 0.6 is 0 Å². The van der Waals surface area contributed by atoms with Crippen molar-refractivity contribution >= 4 is 10.9 Å². The first-order valence-electron chi connectivity index (χ1n) is 9.35. The van der Waals surface area contributed by atoms with Crippen molar-refractivity contribution in [3.05, 3.63) is 66.4 Å². The third-order valence-electron chi connectivity index (χ3n) is 5.44. The van der Waals surface area contributed by atoms with Gasteiger partial charge < -0.3 is 14.6 Å². The Morgan fingerprint density at radius 2 is 1.76 bits per heavy atom. The number of hydrogen-bond donors (Lipinski definition) is 1. The molecule has 3 nitrogen and oxygen atoms in total. The van der Waals surface area contributed by atoms with Gasteiger partial charge in [0, 0.05) is 36.2 Å². The lowest BCUT2D eigenvalue weighted by Gasteiger charge is -2.33. The molecule has 0 saturated carbocycles. The van der Waals surface area contributed by atoms with Crippen LogP contribution in [0.4, 0.5) is 0 Å². The topological polar surface area (TPSA) is 28.4 Å². The van der Waals surface area contributed by atoms with E-state index in [1.807, 2.05) is 12.1 Å². The van der Waals surface area contributed by atoms with E-state index < -0.39 is 0 Å². The molecule has 2 aromatic carbocycles. The van der Waals surface area contributed by atoms with Gasteiger partial charge in [0.15, 0.2) is 0 Å². The van der Waals surface area contributed by atoms with Gasteiger partial charge in [-0.15, -0.1) is 0 Å². The van der Waals surface area contributed by atoms with Crippen LogP contribution in [-0.2, 0) is 6.42 Å². The molecule has 0 unspecified atom stereocenters. The molecule has 0 spiro atoms. The molecule has 1 saturated heterocycles. The zero-order valence-corrected chi connectivity index (χ0v) is 14.6. The van der Waals surface area contributed by atoms with E-state index in [-0.39, 0.29) is 0 Å². The lowest BCUT2D eigenvalue weighted by molar-refractivity contribution is 0.187. The highest BCUT2D eigenvalue weighted by Gasteiger charge is 2.21. The zero-order chi connectivity index (χ0) is 17.1. The summed E-state index contributed by atoms with van der Waals surface area (Å²) < 4.78 is 2.40. The molecule has 0 radical (unpaired) electrons. The Morgan fingerprint density at radius 3 is 2.56 bits per heavy atom. The van der Waals surface area contributed by atoms with Crippen LogP contribution in [-0.4, -0.2) is 34.2 Å². The van der Waals surface area contributed by atoms with Crippen LogP contribution in [0.3, 0.4) is 0 Å². The molecule has 25 heavy (non-hydrogen) atoms. The van der Waals surface area contributed by atoms with Crippen LogP contribution < -0.4 is 0 Å². The molecule has 1 aliphatic heterocycles. The van der Waals surface area contributed by atoms with E-state index in [0.717, 1.165) is 5.39 Å². The number of phenols is 1. The molecule has 3 aromatic rings. The Balaban J connectivity index is 1.30. The second kappa shape index (κ2) is 7.32. The minimum Gasteiger partial charge on any atom is -0.508 e. The highest BCUT2D eigenvalue weighted by molar-refractivity contribution is 5.81. The third-order valence-corrected chi connectivity index (χ3v) is 5.44. The van der Waals surface area contributed by atoms with Crippen molar-refractivity contribution in [2.24, 2.45) is 0 Å². The maximum atomic E-state index is 9.63. The number of aryl methyl sites for hydroxylation is 1. The van der Waals surface area contributed by atoms with Crippen LogP contribution in [0.5, 0.6) is 5.75 Å². The Hall–Kier alpha value is -2.26. The van der Waals surface area contributed by atoms with E-state index in [1.54, 1.807) is 6.07 Å². The molecule has 1 aromatic heterocycles. The third kappa shape index (κ3) is 3.72. The van der Waals surface area contributed by atoms with Crippen LogP contribution in [0.2, 0.25) is 0 Å². The zero-order valence-electron chi connectivity index (χ0n) is 14.6. The van der Waals surface area contributed by atoms with Crippen LogP contribution in [0.25, 0.3) is 10.9 Å². The highest BCUT2D eigenvalue weighted by Crippen LogP contribution is 2.29. The second-order valence-electron chi connectivity index (χ2n) is 7.13. The summed E-state index contributed by atoms with van der Waals surface area (Å²) in [7, 11) is 0. The number of aromatic nitrogens is 1. The van der Waals surface area contributed by atoms with Gasteiger partial charge in [-0.25, -0.2) is 0 Å². The molecule has 1 N–H and O–H groups in total. The monoisotopic (exact) mass is 334 g/mol. The normalized spacial score (nSPS) is 16.5. The van der Waals surface area contributed by atoms with Gasteiger partial charge in [-0.3, -0.25) is 0 Å². The van der Waals surface area contributed by atoms with E-state index in [2.05, 4.69) is 52.1 Å². The summed E-state index contributed by atoms with van der Waals surface area (Å²) in [6, 6.07) is 19.2. The van der Waals surface area contributed by atoms with Gasteiger partial charge in [0.25, 0.3) is 0 Å². The summed E-state index contributed by atoms with van der Waals surface area (Å²) >= 11 is 0. The average Bonchev–Trinajstić information content (AvgIpc) is 3.06. The summed E-state index contributed by atoms with van der Waals surface area (Å²) in [6.45, 7) is 3.55. The smallest absolute Gasteiger partial charge is 0.116 e. The van der Waals surface area contributed by atoms with Crippen molar-refractivity contribution in [1.82, 2.24) is 9.47 Å². The predicted molar refractivity (Wildman–Crippen MR) is 103 cm³/mol. The van der Waals surface area contributed by atoms with Crippen molar-refractivity contribution in [3.8, 4) is 5.75 Å². The lowest BCUT2D eigenvalue weighted by atomic mass is 10.0. The predicted octanol–water partition coefficient (Wildman–Crippen LogP) is 4.62. The molecule has 3 heteroatoms. The maximum absolute atomic E-state index is 9.63. The highest BCUT2D eigenvalue weighted by atomic mass is 16.3. The van der Waals surface area contributed by atoms with Crippen molar-refractivity contribution in [2.75, 3.05) is 19.6 Å². The van der Waals surface area contributed by atoms with Crippen molar-refractivity contribution in [3.63, 3.8) is 0 Å². The van der Waals surface area contributed by atoms with Crippen LogP contribution in [0.1, 0.15) is 30.9 Å². The van der Waals surface area contributed by atoms with E-state index in [4.69, 9.17) is 0 Å². The summed E-state index contributed by atoms with van der Waals surface area (Å²) in [5.74, 6) is 0.346. The number of phenolic OH excluding ortho intramolecular Hbond substituents is 1. The SMILES string of the molecule is Oc1ccc2c(ccn2C2CCN(CCCc3ccccc3)CC2)c1. The molecule has 0 atom stereocenters. The Labute approximate surface area is 149 Å². The summed E-state index contributed by atoms with van der Waals surface area (Å²) in [6.07, 6.45) is 7.00. The largest absolute Gasteiger partial charge is 0.508 e. The molecule has 0 aliphatic carbocycles. The summed E-state index contributed by atoms with van der Waals surface area (Å²) in [5, 5.41) is 10.8. The van der Waals surface area contributed by atoms with Gasteiger partial charge >= 0.3 is 0 Å². The second-order valence-corrected chi connectivity index (χ2v) is 7.13. The summed E-state index contributed by atoms with van der Waals surface area (Å²) in [5.41, 5.74) is 2.68. The number of piperidine rings is 1. The minimum atomic E-state index is 0.346. The number of likely N-dealkylation sites (tertiary alicyclic amines) is 1. The fraction of sp³-hybridized carbons (Fsp3) is 0.364. The first kappa shape index (κ1) is 16.2. The Morgan fingerprint density at radius 1 is 0.960 bits per heavy atom. The molecule has 0 bridgehead atoms. The number of nitrogens with zero attached hydrogens (tertiary/aromatic N) is 2. The first-order valence-corrected chi connectivity index (χ1v) is 9.35. The van der Waals surface area contributed by atoms with Crippen molar-refractivity contribution in [2.45, 2.75) is 31.7 Å². The van der Waals surface area contributed by atoms with E-state index in [1.165, 1.54) is 56.4 Å². The molecule has 1 aliphatic rings. The molecule has 4 rings (SSSR count). The van der Waals surface area contributed by atoms with Gasteiger partial charge in [-0.05, 0) is 62.1 Å². The molecular formula is C22H26N2O. The number of hydrogen-bond acceptors (Lipinski definition) is 2. The number of benzene rings is 2. The van der Waals surface area contributed by atoms with Crippen LogP contribution in [0.15, 0.2) is 60.8 Å². The minimum absolute atomic E-state index is 0.346. The van der Waals surface area contributed by atoms with Gasteiger partial charge in [0.1, 0.15) is 5.75 Å². The van der Waals surface area contributed by atoms with E-state index in [0.29, 0.717) is 11.8 Å². The average molecular weight is 334 g/mol. The maximum Gasteiger partial charge on any atom is 0.116 e. The summed E-state index contributed by atoms with van der Waals surface area (Å²) in [4.78, 5) is 2.61. The number of fused-ring (bicyclic) bond motifs is 1. The van der Waals surface area contributed by atoms with Gasteiger partial charge in [0.2, 0.25) is 0 Å². The standard InChI is InChI=1S/C22H26N2O/c25-21-8-9-22-19(17-21)10-16-24(22)20-11-14-23(15-12-20)13-4-7-18-5-2-1-3-6-18/h1-3,5-6,8-10,16-17,20,25H,4,7,11-15H2. The first-order chi connectivity index (χ1) is 12.3. The number of aromatic hydroxyl groups is 1. The molecule has 0 amide bonds. The van der Waals surface area contributed by atoms with Gasteiger partial charge in [-0.1, -0.05) is 30.3 Å². The molecule has 1 fully saturated rings. The fourth-order valence-electron chi connectivity index (χ4n) is 4.04. The Bertz CT molecular complexity index is 816. The van der Waals surface area contributed by atoms with Crippen LogP contribution in [0, 0.1) is 0 Å². The fourth-order valence-corrected chi connectivity index (χ4v) is 4.04. The Kier molecular flexibility index (Phi) is 4.75. The molecule has 2 heterocycles. The van der Waals surface area contributed by atoms with E-state index >= 15 is 0 Å². The van der Waals surface area contributed by atoms with E-state index in [9.17, 15) is 5.11 Å². The molecular weight excluding hydrogens is 308 g/mol. The van der Waals surface area contributed by atoms with Crippen molar-refractivity contribution < 1.29 is 5.11 Å². The molecule has 130 valence electrons. The van der Waals surface area contributed by atoms with Gasteiger partial charge in [0.05, 0.1) is 0 Å². The number of rotatable bonds is 5. The van der Waals surface area contributed by atoms with Gasteiger partial charge in [-0.2, -0.15) is 0 Å². The van der Waals surface area contributed by atoms with Crippen molar-refractivity contribution in [1.29, 1.82) is 0 Å². The lowest BCUT2D eigenvalue weighted by Crippen LogP contribution is -2.35.